The van der Waals surface area contributed by atoms with Crippen molar-refractivity contribution in [3.63, 3.8) is 0 Å². The fourth-order valence-electron chi connectivity index (χ4n) is 4.45. The van der Waals surface area contributed by atoms with Gasteiger partial charge in [0, 0.05) is 40.3 Å². The van der Waals surface area contributed by atoms with Gasteiger partial charge in [-0.3, -0.25) is 15.6 Å². The number of rotatable bonds is 9. The number of nitrogens with one attached hydrogen (secondary N) is 2. The second-order valence-corrected chi connectivity index (χ2v) is 9.19. The van der Waals surface area contributed by atoms with E-state index >= 15 is 0 Å². The minimum absolute atomic E-state index is 0.00302. The molecule has 0 radical (unpaired) electrons. The highest BCUT2D eigenvalue weighted by Gasteiger charge is 2.24. The molecule has 1 aliphatic heterocycles. The van der Waals surface area contributed by atoms with E-state index in [0.717, 1.165) is 43.2 Å². The van der Waals surface area contributed by atoms with Gasteiger partial charge in [0.05, 0.1) is 12.2 Å². The van der Waals surface area contributed by atoms with Gasteiger partial charge in [-0.05, 0) is 61.6 Å². The number of hydrogen-bond donors (Lipinski definition) is 3. The molecule has 2 aliphatic rings. The molecule has 182 valence electrons. The monoisotopic (exact) mass is 456 g/mol. The minimum Gasteiger partial charge on any atom is -0.372 e. The quantitative estimate of drug-likeness (QED) is 0.131. The van der Waals surface area contributed by atoms with E-state index in [0.29, 0.717) is 25.6 Å². The molecule has 8 heteroatoms. The summed E-state index contributed by atoms with van der Waals surface area (Å²) in [6.07, 6.45) is 5.51. The van der Waals surface area contributed by atoms with E-state index in [4.69, 9.17) is 15.6 Å². The number of hydrogen-bond acceptors (Lipinski definition) is 5. The minimum atomic E-state index is -0.00302. The van der Waals surface area contributed by atoms with Crippen LogP contribution in [0.3, 0.4) is 0 Å². The summed E-state index contributed by atoms with van der Waals surface area (Å²) in [5.41, 5.74) is 5.03. The number of hydrazine groups is 1. The van der Waals surface area contributed by atoms with Gasteiger partial charge < -0.3 is 20.3 Å². The Morgan fingerprint density at radius 2 is 2.09 bits per heavy atom. The molecular formula is C25H40N6O2. The molecule has 0 bridgehead atoms. The first-order valence-electron chi connectivity index (χ1n) is 12.0. The van der Waals surface area contributed by atoms with E-state index in [9.17, 15) is 4.79 Å². The van der Waals surface area contributed by atoms with Crippen LogP contribution in [0.1, 0.15) is 37.3 Å². The molecule has 8 nitrogen and oxygen atoms in total. The third-order valence-corrected chi connectivity index (χ3v) is 6.37. The van der Waals surface area contributed by atoms with Gasteiger partial charge in [0.15, 0.2) is 5.96 Å². The van der Waals surface area contributed by atoms with Gasteiger partial charge in [0.1, 0.15) is 6.61 Å². The van der Waals surface area contributed by atoms with Crippen molar-refractivity contribution in [3.8, 4) is 0 Å². The Morgan fingerprint density at radius 3 is 2.85 bits per heavy atom. The maximum absolute atomic E-state index is 12.5. The first kappa shape index (κ1) is 25.2. The number of carbonyl (C=O) groups excluding carboxylic acids is 1. The SMILES string of the molecule is CN/C(=N\C1=C(C)CN(C(=O)COCCCN(C)N)C1)NCC1CCCc2ccccc2C1. The summed E-state index contributed by atoms with van der Waals surface area (Å²) in [6, 6.07) is 8.81. The smallest absolute Gasteiger partial charge is 0.249 e. The number of carbonyl (C=O) groups is 1. The number of aryl methyl sites for hydroxylation is 1. The van der Waals surface area contributed by atoms with Crippen LogP contribution in [0, 0.1) is 5.92 Å². The molecule has 1 atom stereocenters. The Balaban J connectivity index is 1.47. The molecule has 1 aromatic carbocycles. The summed E-state index contributed by atoms with van der Waals surface area (Å²) in [6.45, 7) is 5.40. The van der Waals surface area contributed by atoms with Crippen LogP contribution in [0.2, 0.25) is 0 Å². The van der Waals surface area contributed by atoms with E-state index in [-0.39, 0.29) is 12.5 Å². The van der Waals surface area contributed by atoms with E-state index in [2.05, 4.69) is 34.9 Å². The maximum atomic E-state index is 12.5. The molecule has 1 amide bonds. The molecule has 1 unspecified atom stereocenters. The van der Waals surface area contributed by atoms with Gasteiger partial charge in [0.2, 0.25) is 5.91 Å². The lowest BCUT2D eigenvalue weighted by Gasteiger charge is -2.18. The summed E-state index contributed by atoms with van der Waals surface area (Å²) in [5, 5.41) is 8.31. The van der Waals surface area contributed by atoms with Crippen LogP contribution in [0.4, 0.5) is 0 Å². The van der Waals surface area contributed by atoms with E-state index < -0.39 is 0 Å². The molecule has 1 heterocycles. The number of guanidine groups is 1. The Morgan fingerprint density at radius 1 is 1.30 bits per heavy atom. The highest BCUT2D eigenvalue weighted by molar-refractivity contribution is 5.82. The summed E-state index contributed by atoms with van der Waals surface area (Å²) in [4.78, 5) is 19.1. The van der Waals surface area contributed by atoms with Crippen molar-refractivity contribution in [1.82, 2.24) is 20.5 Å². The molecule has 4 N–H and O–H groups in total. The molecular weight excluding hydrogens is 416 g/mol. The number of benzene rings is 1. The van der Waals surface area contributed by atoms with Gasteiger partial charge in [-0.25, -0.2) is 4.99 Å². The van der Waals surface area contributed by atoms with Gasteiger partial charge in [-0.15, -0.1) is 0 Å². The lowest BCUT2D eigenvalue weighted by atomic mass is 9.97. The molecule has 1 aromatic rings. The van der Waals surface area contributed by atoms with Crippen molar-refractivity contribution in [2.45, 2.75) is 39.0 Å². The number of ether oxygens (including phenoxy) is 1. The van der Waals surface area contributed by atoms with Crippen LogP contribution in [-0.4, -0.2) is 75.3 Å². The molecule has 0 fully saturated rings. The predicted molar refractivity (Wildman–Crippen MR) is 133 cm³/mol. The van der Waals surface area contributed by atoms with Crippen LogP contribution in [-0.2, 0) is 22.4 Å². The van der Waals surface area contributed by atoms with Crippen LogP contribution >= 0.6 is 0 Å². The highest BCUT2D eigenvalue weighted by atomic mass is 16.5. The molecule has 0 aromatic heterocycles. The Bertz CT molecular complexity index is 851. The van der Waals surface area contributed by atoms with E-state index in [1.165, 1.54) is 30.4 Å². The summed E-state index contributed by atoms with van der Waals surface area (Å²) in [5.74, 6) is 6.92. The van der Waals surface area contributed by atoms with Gasteiger partial charge in [-0.2, -0.15) is 0 Å². The van der Waals surface area contributed by atoms with Crippen LogP contribution in [0.15, 0.2) is 40.5 Å². The normalized spacial score (nSPS) is 19.0. The van der Waals surface area contributed by atoms with Crippen molar-refractivity contribution in [2.75, 3.05) is 53.5 Å². The predicted octanol–water partition coefficient (Wildman–Crippen LogP) is 1.68. The fourth-order valence-corrected chi connectivity index (χ4v) is 4.45. The number of amides is 1. The first-order valence-corrected chi connectivity index (χ1v) is 12.0. The second-order valence-electron chi connectivity index (χ2n) is 9.19. The van der Waals surface area contributed by atoms with Crippen LogP contribution < -0.4 is 16.5 Å². The fraction of sp³-hybridized carbons (Fsp3) is 0.600. The van der Waals surface area contributed by atoms with E-state index in [1.807, 2.05) is 21.0 Å². The van der Waals surface area contributed by atoms with Crippen molar-refractivity contribution in [1.29, 1.82) is 0 Å². The van der Waals surface area contributed by atoms with E-state index in [1.54, 1.807) is 9.91 Å². The molecule has 0 saturated heterocycles. The standard InChI is InChI=1S/C25H40N6O2/c1-19-16-31(24(32)18-33-13-7-12-30(3)26)17-23(19)29-25(27-2)28-15-20-8-6-11-21-9-4-5-10-22(21)14-20/h4-5,9-10,20H,6-8,11-18,26H2,1-3H3,(H2,27,28,29). The zero-order chi connectivity index (χ0) is 23.6. The lowest BCUT2D eigenvalue weighted by molar-refractivity contribution is -0.134. The van der Waals surface area contributed by atoms with Gasteiger partial charge in [0.25, 0.3) is 0 Å². The average molecular weight is 457 g/mol. The Labute approximate surface area is 198 Å². The zero-order valence-electron chi connectivity index (χ0n) is 20.4. The molecule has 33 heavy (non-hydrogen) atoms. The van der Waals surface area contributed by atoms with Crippen molar-refractivity contribution >= 4 is 11.9 Å². The lowest BCUT2D eigenvalue weighted by Crippen LogP contribution is -2.38. The van der Waals surface area contributed by atoms with Crippen molar-refractivity contribution in [2.24, 2.45) is 16.8 Å². The van der Waals surface area contributed by atoms with Gasteiger partial charge >= 0.3 is 0 Å². The molecule has 0 saturated carbocycles. The number of nitrogens with zero attached hydrogens (tertiary/aromatic N) is 3. The van der Waals surface area contributed by atoms with Crippen molar-refractivity contribution < 1.29 is 9.53 Å². The Hall–Kier alpha value is -2.42. The van der Waals surface area contributed by atoms with Gasteiger partial charge in [-0.1, -0.05) is 24.3 Å². The average Bonchev–Trinajstić information content (AvgIpc) is 3.03. The summed E-state index contributed by atoms with van der Waals surface area (Å²) < 4.78 is 5.52. The number of nitrogens with two attached hydrogens (primary N) is 1. The Kier molecular flexibility index (Phi) is 9.72. The zero-order valence-corrected chi connectivity index (χ0v) is 20.4. The molecule has 0 spiro atoms. The third-order valence-electron chi connectivity index (χ3n) is 6.37. The summed E-state index contributed by atoms with van der Waals surface area (Å²) in [7, 11) is 3.70. The second kappa shape index (κ2) is 12.7. The van der Waals surface area contributed by atoms with Crippen LogP contribution in [0.25, 0.3) is 0 Å². The maximum Gasteiger partial charge on any atom is 0.249 e. The topological polar surface area (TPSA) is 95.2 Å². The molecule has 1 aliphatic carbocycles. The first-order chi connectivity index (χ1) is 16.0. The van der Waals surface area contributed by atoms with Crippen molar-refractivity contribution in [3.05, 3.63) is 46.7 Å². The number of fused-ring (bicyclic) bond motifs is 1. The number of aliphatic imine (C=N–C) groups is 1. The highest BCUT2D eigenvalue weighted by Crippen LogP contribution is 2.24. The summed E-state index contributed by atoms with van der Waals surface area (Å²) >= 11 is 0. The molecule has 3 rings (SSSR count). The largest absolute Gasteiger partial charge is 0.372 e. The van der Waals surface area contributed by atoms with Crippen LogP contribution in [0.5, 0.6) is 0 Å². The third kappa shape index (κ3) is 7.84.